The first-order chi connectivity index (χ1) is 21.3. The summed E-state index contributed by atoms with van der Waals surface area (Å²) in [6, 6.07) is 18.3. The molecule has 0 bridgehead atoms. The zero-order valence-electron chi connectivity index (χ0n) is 25.7. The predicted octanol–water partition coefficient (Wildman–Crippen LogP) is 7.11. The van der Waals surface area contributed by atoms with Gasteiger partial charge in [-0.05, 0) is 60.0 Å². The standard InChI is InChI=1S/C31H31Cl2N3O6.C2H6/c1-5-42-18-22-14-25(32)28(26(33)15-22)36-19-34-29(27(30(36)37)31(38)41-4)35(16-20-6-10-23(39-2)11-7-20)17-21-8-12-24(40-3)13-9-21;1-2/h6-15,19H,5,16-18H2,1-4H3;1-2H3. The average molecular weight is 643 g/mol. The second-order valence-corrected chi connectivity index (χ2v) is 10.0. The van der Waals surface area contributed by atoms with Gasteiger partial charge in [-0.2, -0.15) is 0 Å². The van der Waals surface area contributed by atoms with Crippen molar-refractivity contribution in [3.05, 3.63) is 110 Å². The highest BCUT2D eigenvalue weighted by Crippen LogP contribution is 2.31. The van der Waals surface area contributed by atoms with Crippen LogP contribution in [-0.2, 0) is 29.2 Å². The van der Waals surface area contributed by atoms with E-state index in [1.54, 1.807) is 26.4 Å². The molecule has 0 N–H and O–H groups in total. The maximum Gasteiger partial charge on any atom is 0.347 e. The number of hydrogen-bond donors (Lipinski definition) is 0. The number of carbonyl (C=O) groups is 1. The van der Waals surface area contributed by atoms with Gasteiger partial charge in [-0.15, -0.1) is 0 Å². The molecule has 0 aliphatic carbocycles. The van der Waals surface area contributed by atoms with Crippen molar-refractivity contribution in [3.8, 4) is 17.2 Å². The zero-order valence-corrected chi connectivity index (χ0v) is 27.2. The van der Waals surface area contributed by atoms with Crippen LogP contribution >= 0.6 is 23.2 Å². The van der Waals surface area contributed by atoms with Crippen LogP contribution in [0.5, 0.6) is 11.5 Å². The van der Waals surface area contributed by atoms with Crippen LogP contribution in [-0.4, -0.2) is 43.5 Å². The van der Waals surface area contributed by atoms with E-state index in [9.17, 15) is 9.59 Å². The predicted molar refractivity (Wildman–Crippen MR) is 174 cm³/mol. The normalized spacial score (nSPS) is 10.5. The first-order valence-electron chi connectivity index (χ1n) is 14.1. The molecule has 0 spiro atoms. The van der Waals surface area contributed by atoms with Crippen LogP contribution in [0.15, 0.2) is 71.8 Å². The molecule has 0 aliphatic rings. The Labute approximate surface area is 267 Å². The Kier molecular flexibility index (Phi) is 13.1. The van der Waals surface area contributed by atoms with Crippen molar-refractivity contribution in [1.82, 2.24) is 9.55 Å². The third kappa shape index (κ3) is 8.31. The van der Waals surface area contributed by atoms with Gasteiger partial charge in [0.1, 0.15) is 17.8 Å². The first kappa shape index (κ1) is 34.4. The van der Waals surface area contributed by atoms with Crippen molar-refractivity contribution in [3.63, 3.8) is 0 Å². The summed E-state index contributed by atoms with van der Waals surface area (Å²) in [5.74, 6) is 0.719. The largest absolute Gasteiger partial charge is 0.497 e. The molecule has 0 atom stereocenters. The van der Waals surface area contributed by atoms with Gasteiger partial charge in [0.25, 0.3) is 5.56 Å². The molecule has 0 radical (unpaired) electrons. The Morgan fingerprint density at radius 2 is 1.34 bits per heavy atom. The van der Waals surface area contributed by atoms with Crippen LogP contribution in [0, 0.1) is 0 Å². The van der Waals surface area contributed by atoms with Crippen LogP contribution in [0.3, 0.4) is 0 Å². The van der Waals surface area contributed by atoms with Crippen LogP contribution in [0.2, 0.25) is 10.0 Å². The minimum atomic E-state index is -0.841. The van der Waals surface area contributed by atoms with Crippen LogP contribution in [0.1, 0.15) is 47.8 Å². The summed E-state index contributed by atoms with van der Waals surface area (Å²) in [4.78, 5) is 33.5. The molecule has 234 valence electrons. The van der Waals surface area contributed by atoms with Crippen molar-refractivity contribution in [2.45, 2.75) is 40.5 Å². The topological polar surface area (TPSA) is 92.1 Å². The quantitative estimate of drug-likeness (QED) is 0.151. The molecule has 0 unspecified atom stereocenters. The number of hydrogen-bond acceptors (Lipinski definition) is 8. The summed E-state index contributed by atoms with van der Waals surface area (Å²) in [5.41, 5.74) is 1.82. The minimum Gasteiger partial charge on any atom is -0.497 e. The highest BCUT2D eigenvalue weighted by molar-refractivity contribution is 6.37. The molecule has 4 aromatic rings. The van der Waals surface area contributed by atoms with Gasteiger partial charge in [-0.25, -0.2) is 9.78 Å². The van der Waals surface area contributed by atoms with Crippen molar-refractivity contribution >= 4 is 35.0 Å². The molecule has 0 fully saturated rings. The smallest absolute Gasteiger partial charge is 0.347 e. The summed E-state index contributed by atoms with van der Waals surface area (Å²) in [5, 5.41) is 0.413. The van der Waals surface area contributed by atoms with E-state index in [1.165, 1.54) is 13.4 Å². The summed E-state index contributed by atoms with van der Waals surface area (Å²) in [6.07, 6.45) is 1.31. The van der Waals surface area contributed by atoms with E-state index >= 15 is 0 Å². The molecule has 1 heterocycles. The second kappa shape index (κ2) is 16.7. The fourth-order valence-corrected chi connectivity index (χ4v) is 5.10. The van der Waals surface area contributed by atoms with E-state index in [-0.39, 0.29) is 27.1 Å². The van der Waals surface area contributed by atoms with Crippen LogP contribution in [0.25, 0.3) is 5.69 Å². The highest BCUT2D eigenvalue weighted by Gasteiger charge is 2.26. The summed E-state index contributed by atoms with van der Waals surface area (Å²) < 4.78 is 22.2. The molecule has 4 rings (SSSR count). The maximum atomic E-state index is 13.9. The van der Waals surface area contributed by atoms with E-state index in [0.29, 0.717) is 37.8 Å². The summed E-state index contributed by atoms with van der Waals surface area (Å²) in [6.45, 7) is 7.36. The lowest BCUT2D eigenvalue weighted by Crippen LogP contribution is -2.33. The van der Waals surface area contributed by atoms with E-state index in [0.717, 1.165) is 21.3 Å². The lowest BCUT2D eigenvalue weighted by atomic mass is 10.1. The Morgan fingerprint density at radius 1 is 0.841 bits per heavy atom. The molecule has 44 heavy (non-hydrogen) atoms. The Bertz CT molecular complexity index is 1520. The van der Waals surface area contributed by atoms with Crippen LogP contribution in [0.4, 0.5) is 5.82 Å². The number of esters is 1. The molecular weight excluding hydrogens is 605 g/mol. The van der Waals surface area contributed by atoms with Crippen molar-refractivity contribution < 1.29 is 23.7 Å². The van der Waals surface area contributed by atoms with Crippen molar-refractivity contribution in [2.24, 2.45) is 0 Å². The molecule has 9 nitrogen and oxygen atoms in total. The Morgan fingerprint density at radius 3 is 1.77 bits per heavy atom. The number of nitrogens with zero attached hydrogens (tertiary/aromatic N) is 3. The Hall–Kier alpha value is -4.05. The summed E-state index contributed by atoms with van der Waals surface area (Å²) >= 11 is 13.2. The molecule has 3 aromatic carbocycles. The monoisotopic (exact) mass is 641 g/mol. The van der Waals surface area contributed by atoms with Gasteiger partial charge in [0.05, 0.1) is 43.7 Å². The van der Waals surface area contributed by atoms with Gasteiger partial charge in [-0.1, -0.05) is 61.3 Å². The van der Waals surface area contributed by atoms with Gasteiger partial charge in [-0.3, -0.25) is 9.36 Å². The summed E-state index contributed by atoms with van der Waals surface area (Å²) in [7, 11) is 4.40. The second-order valence-electron chi connectivity index (χ2n) is 9.21. The zero-order chi connectivity index (χ0) is 32.2. The number of methoxy groups -OCH3 is 3. The molecule has 11 heteroatoms. The molecule has 0 saturated carbocycles. The van der Waals surface area contributed by atoms with E-state index in [4.69, 9.17) is 42.1 Å². The molecular formula is C33H37Cl2N3O6. The first-order valence-corrected chi connectivity index (χ1v) is 14.8. The fourth-order valence-electron chi connectivity index (χ4n) is 4.38. The molecule has 0 saturated heterocycles. The van der Waals surface area contributed by atoms with Crippen LogP contribution < -0.4 is 19.9 Å². The van der Waals surface area contributed by atoms with E-state index in [2.05, 4.69) is 4.98 Å². The third-order valence-corrected chi connectivity index (χ3v) is 7.07. The van der Waals surface area contributed by atoms with E-state index in [1.807, 2.05) is 74.2 Å². The fraction of sp³-hybridized carbons (Fsp3) is 0.303. The lowest BCUT2D eigenvalue weighted by Gasteiger charge is -2.26. The van der Waals surface area contributed by atoms with Gasteiger partial charge in [0.2, 0.25) is 0 Å². The van der Waals surface area contributed by atoms with Crippen molar-refractivity contribution in [1.29, 1.82) is 0 Å². The number of rotatable bonds is 12. The van der Waals surface area contributed by atoms with Gasteiger partial charge < -0.3 is 23.8 Å². The van der Waals surface area contributed by atoms with Gasteiger partial charge in [0, 0.05) is 19.7 Å². The molecule has 1 aromatic heterocycles. The minimum absolute atomic E-state index is 0.148. The SMILES string of the molecule is CC.CCOCc1cc(Cl)c(-n2cnc(N(Cc3ccc(OC)cc3)Cc3ccc(OC)cc3)c(C(=O)OC)c2=O)c(Cl)c1. The molecule has 0 amide bonds. The number of aromatic nitrogens is 2. The van der Waals surface area contributed by atoms with E-state index < -0.39 is 11.5 Å². The molecule has 0 aliphatic heterocycles. The van der Waals surface area contributed by atoms with Crippen molar-refractivity contribution in [2.75, 3.05) is 32.8 Å². The third-order valence-electron chi connectivity index (χ3n) is 6.50. The highest BCUT2D eigenvalue weighted by atomic mass is 35.5. The number of benzene rings is 3. The maximum absolute atomic E-state index is 13.9. The Balaban J connectivity index is 0.00000259. The number of ether oxygens (including phenoxy) is 4. The van der Waals surface area contributed by atoms with Gasteiger partial charge >= 0.3 is 5.97 Å². The number of halogens is 2. The van der Waals surface area contributed by atoms with Gasteiger partial charge in [0.15, 0.2) is 11.4 Å². The number of anilines is 1. The lowest BCUT2D eigenvalue weighted by molar-refractivity contribution is 0.0598. The average Bonchev–Trinajstić information content (AvgIpc) is 3.05. The number of carbonyl (C=O) groups excluding carboxylic acids is 1.